The number of methoxy groups -OCH3 is 1. The van der Waals surface area contributed by atoms with Crippen molar-refractivity contribution < 1.29 is 13.9 Å². The van der Waals surface area contributed by atoms with Gasteiger partial charge in [-0.1, -0.05) is 18.2 Å². The predicted molar refractivity (Wildman–Crippen MR) is 97.9 cm³/mol. The SMILES string of the molecule is COc1c(C)cc(CCC=O)c2c1NCC(Cc1ccc(F)cc1)C2. The van der Waals surface area contributed by atoms with Crippen molar-refractivity contribution in [1.82, 2.24) is 0 Å². The minimum absolute atomic E-state index is 0.202. The number of halogens is 1. The number of nitrogens with one attached hydrogen (secondary N) is 1. The molecule has 1 aliphatic rings. The van der Waals surface area contributed by atoms with Crippen LogP contribution in [0.1, 0.15) is 28.7 Å². The largest absolute Gasteiger partial charge is 0.494 e. The lowest BCUT2D eigenvalue weighted by Gasteiger charge is -2.30. The van der Waals surface area contributed by atoms with Gasteiger partial charge in [0.15, 0.2) is 0 Å². The summed E-state index contributed by atoms with van der Waals surface area (Å²) >= 11 is 0. The Morgan fingerprint density at radius 3 is 2.76 bits per heavy atom. The van der Waals surface area contributed by atoms with Crippen LogP contribution in [0.5, 0.6) is 5.75 Å². The fraction of sp³-hybridized carbons (Fsp3) is 0.381. The van der Waals surface area contributed by atoms with Crippen LogP contribution in [0.2, 0.25) is 0 Å². The highest BCUT2D eigenvalue weighted by atomic mass is 19.1. The predicted octanol–water partition coefficient (Wildman–Crippen LogP) is 4.10. The first-order valence-corrected chi connectivity index (χ1v) is 8.73. The Morgan fingerprint density at radius 1 is 1.32 bits per heavy atom. The first-order chi connectivity index (χ1) is 12.1. The van der Waals surface area contributed by atoms with Gasteiger partial charge in [-0.2, -0.15) is 0 Å². The molecule has 0 saturated carbocycles. The number of aryl methyl sites for hydroxylation is 2. The highest BCUT2D eigenvalue weighted by Crippen LogP contribution is 2.39. The van der Waals surface area contributed by atoms with Crippen molar-refractivity contribution in [3.05, 3.63) is 58.4 Å². The molecule has 0 radical (unpaired) electrons. The van der Waals surface area contributed by atoms with Gasteiger partial charge in [-0.3, -0.25) is 0 Å². The Morgan fingerprint density at radius 2 is 2.08 bits per heavy atom. The Kier molecular flexibility index (Phi) is 5.37. The first-order valence-electron chi connectivity index (χ1n) is 8.73. The molecule has 1 atom stereocenters. The molecule has 132 valence electrons. The van der Waals surface area contributed by atoms with Gasteiger partial charge in [-0.25, -0.2) is 4.39 Å². The van der Waals surface area contributed by atoms with Gasteiger partial charge >= 0.3 is 0 Å². The van der Waals surface area contributed by atoms with Crippen molar-refractivity contribution in [3.63, 3.8) is 0 Å². The summed E-state index contributed by atoms with van der Waals surface area (Å²) in [6, 6.07) is 8.88. The highest BCUT2D eigenvalue weighted by Gasteiger charge is 2.25. The van der Waals surface area contributed by atoms with Crippen molar-refractivity contribution >= 4 is 12.0 Å². The maximum atomic E-state index is 13.1. The number of hydrogen-bond donors (Lipinski definition) is 1. The molecule has 1 unspecified atom stereocenters. The lowest BCUT2D eigenvalue weighted by molar-refractivity contribution is -0.107. The second-order valence-electron chi connectivity index (χ2n) is 6.73. The van der Waals surface area contributed by atoms with E-state index in [9.17, 15) is 9.18 Å². The summed E-state index contributed by atoms with van der Waals surface area (Å²) in [6.07, 6.45) is 4.08. The fourth-order valence-electron chi connectivity index (χ4n) is 3.73. The van der Waals surface area contributed by atoms with Crippen molar-refractivity contribution in [2.24, 2.45) is 5.92 Å². The van der Waals surface area contributed by atoms with E-state index in [1.807, 2.05) is 19.1 Å². The molecule has 25 heavy (non-hydrogen) atoms. The highest BCUT2D eigenvalue weighted by molar-refractivity contribution is 5.69. The summed E-state index contributed by atoms with van der Waals surface area (Å²) in [5.41, 5.74) is 5.77. The van der Waals surface area contributed by atoms with Crippen LogP contribution < -0.4 is 10.1 Å². The van der Waals surface area contributed by atoms with Gasteiger partial charge < -0.3 is 14.8 Å². The van der Waals surface area contributed by atoms with E-state index in [1.165, 1.54) is 23.3 Å². The number of carbonyl (C=O) groups is 1. The molecule has 1 N–H and O–H groups in total. The Bertz CT molecular complexity index is 755. The molecular formula is C21H24FNO2. The second-order valence-corrected chi connectivity index (χ2v) is 6.73. The smallest absolute Gasteiger partial charge is 0.145 e. The van der Waals surface area contributed by atoms with Gasteiger partial charge in [0.25, 0.3) is 0 Å². The molecular weight excluding hydrogens is 317 g/mol. The standard InChI is InChI=1S/C21H24FNO2/c1-14-10-17(4-3-9-24)19-12-16(13-23-20(19)21(14)25-2)11-15-5-7-18(22)8-6-15/h5-10,16,23H,3-4,11-13H2,1-2H3. The van der Waals surface area contributed by atoms with E-state index in [2.05, 4.69) is 11.4 Å². The zero-order valence-corrected chi connectivity index (χ0v) is 14.8. The molecule has 4 heteroatoms. The van der Waals surface area contributed by atoms with E-state index in [4.69, 9.17) is 4.74 Å². The molecule has 0 fully saturated rings. The average Bonchev–Trinajstić information content (AvgIpc) is 2.62. The molecule has 0 aliphatic carbocycles. The zero-order chi connectivity index (χ0) is 17.8. The molecule has 3 nitrogen and oxygen atoms in total. The Hall–Kier alpha value is -2.36. The van der Waals surface area contributed by atoms with Gasteiger partial charge in [0.05, 0.1) is 12.8 Å². The van der Waals surface area contributed by atoms with Crippen molar-refractivity contribution in [1.29, 1.82) is 0 Å². The quantitative estimate of drug-likeness (QED) is 0.804. The summed E-state index contributed by atoms with van der Waals surface area (Å²) < 4.78 is 18.7. The third-order valence-electron chi connectivity index (χ3n) is 4.90. The first kappa shape index (κ1) is 17.5. The number of aldehydes is 1. The van der Waals surface area contributed by atoms with Gasteiger partial charge in [-0.05, 0) is 66.5 Å². The molecule has 0 saturated heterocycles. The Balaban J connectivity index is 1.87. The zero-order valence-electron chi connectivity index (χ0n) is 14.8. The van der Waals surface area contributed by atoms with Crippen LogP contribution in [0.15, 0.2) is 30.3 Å². The van der Waals surface area contributed by atoms with E-state index in [-0.39, 0.29) is 5.82 Å². The van der Waals surface area contributed by atoms with Gasteiger partial charge in [0, 0.05) is 13.0 Å². The van der Waals surface area contributed by atoms with Gasteiger partial charge in [-0.15, -0.1) is 0 Å². The van der Waals surface area contributed by atoms with E-state index in [1.54, 1.807) is 7.11 Å². The van der Waals surface area contributed by atoms with Crippen LogP contribution in [0, 0.1) is 18.7 Å². The van der Waals surface area contributed by atoms with Crippen LogP contribution >= 0.6 is 0 Å². The summed E-state index contributed by atoms with van der Waals surface area (Å²) in [4.78, 5) is 10.8. The molecule has 1 aliphatic heterocycles. The van der Waals surface area contributed by atoms with Gasteiger partial charge in [0.2, 0.25) is 0 Å². The van der Waals surface area contributed by atoms with Crippen LogP contribution in [-0.4, -0.2) is 19.9 Å². The second kappa shape index (κ2) is 7.68. The minimum Gasteiger partial charge on any atom is -0.494 e. The lowest BCUT2D eigenvalue weighted by atomic mass is 9.84. The maximum Gasteiger partial charge on any atom is 0.145 e. The number of hydrogen-bond acceptors (Lipinski definition) is 3. The third-order valence-corrected chi connectivity index (χ3v) is 4.90. The summed E-state index contributed by atoms with van der Waals surface area (Å²) in [5, 5.41) is 3.53. The Labute approximate surface area is 148 Å². The third kappa shape index (κ3) is 3.84. The molecule has 0 spiro atoms. The van der Waals surface area contributed by atoms with E-state index >= 15 is 0 Å². The summed E-state index contributed by atoms with van der Waals surface area (Å²) in [6.45, 7) is 2.90. The lowest BCUT2D eigenvalue weighted by Crippen LogP contribution is -2.26. The molecule has 2 aromatic rings. The minimum atomic E-state index is -0.202. The summed E-state index contributed by atoms with van der Waals surface area (Å²) in [5.74, 6) is 1.12. The van der Waals surface area contributed by atoms with E-state index in [0.29, 0.717) is 12.3 Å². The molecule has 0 bridgehead atoms. The number of carbonyl (C=O) groups excluding carboxylic acids is 1. The van der Waals surface area contributed by atoms with Crippen molar-refractivity contribution in [2.75, 3.05) is 19.0 Å². The van der Waals surface area contributed by atoms with Crippen LogP contribution in [-0.2, 0) is 24.1 Å². The molecule has 0 amide bonds. The number of rotatable bonds is 6. The molecule has 0 aromatic heterocycles. The van der Waals surface area contributed by atoms with Gasteiger partial charge in [0.1, 0.15) is 17.9 Å². The number of ether oxygens (including phenoxy) is 1. The number of fused-ring (bicyclic) bond motifs is 1. The topological polar surface area (TPSA) is 38.3 Å². The molecule has 3 rings (SSSR count). The van der Waals surface area contributed by atoms with Crippen LogP contribution in [0.4, 0.5) is 10.1 Å². The average molecular weight is 341 g/mol. The summed E-state index contributed by atoms with van der Waals surface area (Å²) in [7, 11) is 1.69. The molecule has 1 heterocycles. The van der Waals surface area contributed by atoms with E-state index < -0.39 is 0 Å². The van der Waals surface area contributed by atoms with Crippen LogP contribution in [0.3, 0.4) is 0 Å². The normalized spacial score (nSPS) is 16.0. The van der Waals surface area contributed by atoms with Crippen molar-refractivity contribution in [3.8, 4) is 5.75 Å². The number of benzene rings is 2. The number of anilines is 1. The maximum absolute atomic E-state index is 13.1. The van der Waals surface area contributed by atoms with Crippen molar-refractivity contribution in [2.45, 2.75) is 32.6 Å². The fourth-order valence-corrected chi connectivity index (χ4v) is 3.73. The monoisotopic (exact) mass is 341 g/mol. The van der Waals surface area contributed by atoms with Crippen LogP contribution in [0.25, 0.3) is 0 Å². The van der Waals surface area contributed by atoms with E-state index in [0.717, 1.165) is 54.7 Å². The molecule has 2 aromatic carbocycles.